The van der Waals surface area contributed by atoms with Gasteiger partial charge in [0.05, 0.1) is 12.0 Å². The molecule has 3 N–H and O–H groups in total. The zero-order valence-corrected chi connectivity index (χ0v) is 12.7. The third-order valence-corrected chi connectivity index (χ3v) is 5.42. The molecule has 2 saturated carbocycles. The molecule has 0 aliphatic heterocycles. The number of nitrogens with one attached hydrogen (secondary N) is 1. The number of hydrogen-bond donors (Lipinski definition) is 3. The van der Waals surface area contributed by atoms with E-state index in [1.807, 2.05) is 0 Å². The molecule has 5 heteroatoms. The van der Waals surface area contributed by atoms with Crippen LogP contribution in [0.15, 0.2) is 0 Å². The van der Waals surface area contributed by atoms with E-state index in [-0.39, 0.29) is 24.3 Å². The lowest BCUT2D eigenvalue weighted by atomic mass is 9.74. The van der Waals surface area contributed by atoms with Crippen molar-refractivity contribution in [3.05, 3.63) is 0 Å². The molecule has 0 radical (unpaired) electrons. The Morgan fingerprint density at radius 1 is 0.952 bits per heavy atom. The Kier molecular flexibility index (Phi) is 5.25. The summed E-state index contributed by atoms with van der Waals surface area (Å²) in [6, 6.07) is 0. The van der Waals surface area contributed by atoms with Crippen LogP contribution in [-0.2, 0) is 9.59 Å². The second-order valence-corrected chi connectivity index (χ2v) is 6.96. The fraction of sp³-hybridized carbons (Fsp3) is 0.875. The minimum atomic E-state index is -0.858. The molecule has 0 atom stereocenters. The van der Waals surface area contributed by atoms with Crippen LogP contribution in [-0.4, -0.2) is 35.2 Å². The first-order valence-electron chi connectivity index (χ1n) is 8.13. The predicted octanol–water partition coefficient (Wildman–Crippen LogP) is 2.08. The van der Waals surface area contributed by atoms with Gasteiger partial charge < -0.3 is 15.5 Å². The van der Waals surface area contributed by atoms with E-state index in [9.17, 15) is 19.8 Å². The van der Waals surface area contributed by atoms with E-state index in [1.54, 1.807) is 0 Å². The molecule has 2 rings (SSSR count). The van der Waals surface area contributed by atoms with E-state index >= 15 is 0 Å². The number of hydrogen-bond acceptors (Lipinski definition) is 3. The van der Waals surface area contributed by atoms with Gasteiger partial charge in [-0.3, -0.25) is 9.59 Å². The lowest BCUT2D eigenvalue weighted by Crippen LogP contribution is -2.43. The first kappa shape index (κ1) is 16.3. The second kappa shape index (κ2) is 6.77. The number of carbonyl (C=O) groups is 2. The van der Waals surface area contributed by atoms with Gasteiger partial charge in [-0.2, -0.15) is 0 Å². The Morgan fingerprint density at radius 2 is 1.52 bits per heavy atom. The summed E-state index contributed by atoms with van der Waals surface area (Å²) in [5.74, 6) is -1.03. The van der Waals surface area contributed by atoms with E-state index in [4.69, 9.17) is 0 Å². The molecular formula is C16H27NO4. The zero-order valence-electron chi connectivity index (χ0n) is 12.7. The molecule has 0 aromatic carbocycles. The number of rotatable bonds is 6. The maximum Gasteiger partial charge on any atom is 0.310 e. The molecule has 1 amide bonds. The van der Waals surface area contributed by atoms with Gasteiger partial charge >= 0.3 is 5.97 Å². The molecule has 120 valence electrons. The number of carboxylic acids is 1. The van der Waals surface area contributed by atoms with Crippen LogP contribution in [0.1, 0.15) is 64.2 Å². The van der Waals surface area contributed by atoms with Gasteiger partial charge in [-0.05, 0) is 25.7 Å². The number of aliphatic carboxylic acids is 1. The first-order valence-corrected chi connectivity index (χ1v) is 8.13. The summed E-state index contributed by atoms with van der Waals surface area (Å²) < 4.78 is 0. The van der Waals surface area contributed by atoms with Crippen LogP contribution in [0.25, 0.3) is 0 Å². The second-order valence-electron chi connectivity index (χ2n) is 6.96. The fourth-order valence-corrected chi connectivity index (χ4v) is 3.87. The van der Waals surface area contributed by atoms with Crippen LogP contribution in [0.5, 0.6) is 0 Å². The molecule has 0 heterocycles. The third kappa shape index (κ3) is 3.76. The van der Waals surface area contributed by atoms with Crippen molar-refractivity contribution in [3.63, 3.8) is 0 Å². The highest BCUT2D eigenvalue weighted by molar-refractivity contribution is 5.85. The van der Waals surface area contributed by atoms with E-state index in [1.165, 1.54) is 6.42 Å². The van der Waals surface area contributed by atoms with Crippen LogP contribution in [0.3, 0.4) is 0 Å². The number of aliphatic hydroxyl groups excluding tert-OH is 1. The molecule has 0 unspecified atom stereocenters. The molecule has 0 bridgehead atoms. The molecule has 0 saturated heterocycles. The molecule has 2 aliphatic rings. The van der Waals surface area contributed by atoms with Crippen molar-refractivity contribution in [1.29, 1.82) is 0 Å². The first-order chi connectivity index (χ1) is 10.0. The Balaban J connectivity index is 1.87. The fourth-order valence-electron chi connectivity index (χ4n) is 3.87. The highest BCUT2D eigenvalue weighted by atomic mass is 16.4. The van der Waals surface area contributed by atoms with Crippen LogP contribution in [0.4, 0.5) is 0 Å². The van der Waals surface area contributed by atoms with Crippen molar-refractivity contribution < 1.29 is 19.8 Å². The predicted molar refractivity (Wildman–Crippen MR) is 78.8 cm³/mol. The van der Waals surface area contributed by atoms with Gasteiger partial charge in [0.2, 0.25) is 5.91 Å². The van der Waals surface area contributed by atoms with Crippen LogP contribution >= 0.6 is 0 Å². The number of amides is 1. The molecule has 0 spiro atoms. The minimum absolute atomic E-state index is 0.0733. The summed E-state index contributed by atoms with van der Waals surface area (Å²) in [6.07, 6.45) is 8.30. The van der Waals surface area contributed by atoms with Gasteiger partial charge in [-0.25, -0.2) is 0 Å². The molecule has 5 nitrogen and oxygen atoms in total. The molecule has 21 heavy (non-hydrogen) atoms. The summed E-state index contributed by atoms with van der Waals surface area (Å²) in [4.78, 5) is 23.6. The van der Waals surface area contributed by atoms with Gasteiger partial charge in [-0.15, -0.1) is 0 Å². The van der Waals surface area contributed by atoms with Crippen LogP contribution in [0, 0.1) is 10.8 Å². The average Bonchev–Trinajstić information content (AvgIpc) is 2.96. The molecule has 0 aromatic rings. The van der Waals surface area contributed by atoms with E-state index in [0.29, 0.717) is 19.4 Å². The standard InChI is InChI=1S/C16H27NO4/c18-12-15(6-2-1-3-7-15)11-17-13(19)10-16(14(20)21)8-4-5-9-16/h18H,1-12H2,(H,17,19)(H,20,21). The molecule has 2 aliphatic carbocycles. The maximum absolute atomic E-state index is 12.2. The van der Waals surface area contributed by atoms with Crippen molar-refractivity contribution in [2.24, 2.45) is 10.8 Å². The highest BCUT2D eigenvalue weighted by Crippen LogP contribution is 2.41. The number of carbonyl (C=O) groups excluding carboxylic acids is 1. The SMILES string of the molecule is O=C(CC1(C(=O)O)CCCC1)NCC1(CO)CCCCC1. The normalized spacial score (nSPS) is 23.7. The molecular weight excluding hydrogens is 270 g/mol. The topological polar surface area (TPSA) is 86.6 Å². The van der Waals surface area contributed by atoms with E-state index in [0.717, 1.165) is 38.5 Å². The van der Waals surface area contributed by atoms with Gasteiger partial charge in [-0.1, -0.05) is 32.1 Å². The number of carboxylic acid groups (broad SMARTS) is 1. The lowest BCUT2D eigenvalue weighted by molar-refractivity contribution is -0.151. The van der Waals surface area contributed by atoms with Crippen molar-refractivity contribution in [1.82, 2.24) is 5.32 Å². The summed E-state index contributed by atoms with van der Waals surface area (Å²) in [5.41, 5.74) is -1.05. The Labute approximate surface area is 126 Å². The van der Waals surface area contributed by atoms with Crippen LogP contribution in [0.2, 0.25) is 0 Å². The van der Waals surface area contributed by atoms with Gasteiger partial charge in [0.15, 0.2) is 0 Å². The smallest absolute Gasteiger partial charge is 0.310 e. The largest absolute Gasteiger partial charge is 0.481 e. The summed E-state index contributed by atoms with van der Waals surface area (Å²) in [5, 5.41) is 21.9. The Bertz CT molecular complexity index is 382. The Morgan fingerprint density at radius 3 is 2.05 bits per heavy atom. The Hall–Kier alpha value is -1.10. The van der Waals surface area contributed by atoms with Crippen molar-refractivity contribution in [3.8, 4) is 0 Å². The van der Waals surface area contributed by atoms with Crippen molar-refractivity contribution in [2.75, 3.05) is 13.2 Å². The summed E-state index contributed by atoms with van der Waals surface area (Å²) >= 11 is 0. The number of aliphatic hydroxyl groups is 1. The minimum Gasteiger partial charge on any atom is -0.481 e. The van der Waals surface area contributed by atoms with Crippen molar-refractivity contribution in [2.45, 2.75) is 64.2 Å². The zero-order chi connectivity index (χ0) is 15.3. The van der Waals surface area contributed by atoms with Gasteiger partial charge in [0.1, 0.15) is 0 Å². The quantitative estimate of drug-likeness (QED) is 0.700. The van der Waals surface area contributed by atoms with Crippen LogP contribution < -0.4 is 5.32 Å². The monoisotopic (exact) mass is 297 g/mol. The van der Waals surface area contributed by atoms with Gasteiger partial charge in [0.25, 0.3) is 0 Å². The van der Waals surface area contributed by atoms with Gasteiger partial charge in [0, 0.05) is 18.4 Å². The highest BCUT2D eigenvalue weighted by Gasteiger charge is 2.43. The lowest BCUT2D eigenvalue weighted by Gasteiger charge is -2.36. The third-order valence-electron chi connectivity index (χ3n) is 5.42. The molecule has 2 fully saturated rings. The van der Waals surface area contributed by atoms with E-state index in [2.05, 4.69) is 5.32 Å². The van der Waals surface area contributed by atoms with E-state index < -0.39 is 11.4 Å². The summed E-state index contributed by atoms with van der Waals surface area (Å²) in [7, 11) is 0. The summed E-state index contributed by atoms with van der Waals surface area (Å²) in [6.45, 7) is 0.565. The molecule has 0 aromatic heterocycles. The van der Waals surface area contributed by atoms with Crippen molar-refractivity contribution >= 4 is 11.9 Å². The average molecular weight is 297 g/mol. The maximum atomic E-state index is 12.2.